The zero-order valence-corrected chi connectivity index (χ0v) is 11.9. The van der Waals surface area contributed by atoms with Crippen LogP contribution in [0.25, 0.3) is 0 Å². The highest BCUT2D eigenvalue weighted by atomic mass is 32.2. The predicted molar refractivity (Wildman–Crippen MR) is 79.6 cm³/mol. The van der Waals surface area contributed by atoms with Gasteiger partial charge in [0.05, 0.1) is 0 Å². The Hall–Kier alpha value is -1.74. The lowest BCUT2D eigenvalue weighted by Crippen LogP contribution is -2.29. The van der Waals surface area contributed by atoms with Crippen LogP contribution in [0.5, 0.6) is 0 Å². The van der Waals surface area contributed by atoms with Crippen LogP contribution in [0.3, 0.4) is 0 Å². The average molecular weight is 271 g/mol. The molecule has 0 unspecified atom stereocenters. The largest absolute Gasteiger partial charge is 0.350 e. The summed E-state index contributed by atoms with van der Waals surface area (Å²) in [6, 6.07) is 18.0. The van der Waals surface area contributed by atoms with Gasteiger partial charge in [-0.05, 0) is 50.2 Å². The zero-order valence-electron chi connectivity index (χ0n) is 11.1. The van der Waals surface area contributed by atoms with Gasteiger partial charge in [0.15, 0.2) is 0 Å². The summed E-state index contributed by atoms with van der Waals surface area (Å²) in [7, 11) is 0. The highest BCUT2D eigenvalue weighted by molar-refractivity contribution is 7.99. The van der Waals surface area contributed by atoms with Gasteiger partial charge in [0, 0.05) is 21.4 Å². The van der Waals surface area contributed by atoms with E-state index in [9.17, 15) is 4.79 Å². The third-order valence-corrected chi connectivity index (χ3v) is 3.53. The molecule has 2 rings (SSSR count). The smallest absolute Gasteiger partial charge is 0.251 e. The summed E-state index contributed by atoms with van der Waals surface area (Å²) >= 11 is 1.69. The Labute approximate surface area is 118 Å². The van der Waals surface area contributed by atoms with Crippen molar-refractivity contribution >= 4 is 17.7 Å². The van der Waals surface area contributed by atoms with E-state index in [0.29, 0.717) is 5.56 Å². The first-order chi connectivity index (χ1) is 9.15. The van der Waals surface area contributed by atoms with E-state index >= 15 is 0 Å². The normalized spacial score (nSPS) is 10.5. The molecule has 0 spiro atoms. The van der Waals surface area contributed by atoms with E-state index < -0.39 is 0 Å². The quantitative estimate of drug-likeness (QED) is 0.911. The van der Waals surface area contributed by atoms with Gasteiger partial charge in [0.2, 0.25) is 0 Å². The van der Waals surface area contributed by atoms with Crippen molar-refractivity contribution in [2.75, 3.05) is 0 Å². The maximum Gasteiger partial charge on any atom is 0.251 e. The van der Waals surface area contributed by atoms with Crippen LogP contribution in [0.2, 0.25) is 0 Å². The minimum absolute atomic E-state index is 0.0220. The molecule has 0 radical (unpaired) electrons. The Morgan fingerprint density at radius 1 is 0.947 bits per heavy atom. The summed E-state index contributed by atoms with van der Waals surface area (Å²) in [6.07, 6.45) is 0. The predicted octanol–water partition coefficient (Wildman–Crippen LogP) is 3.98. The Morgan fingerprint density at radius 2 is 1.53 bits per heavy atom. The second-order valence-electron chi connectivity index (χ2n) is 4.57. The first kappa shape index (κ1) is 13.7. The summed E-state index contributed by atoms with van der Waals surface area (Å²) in [6.45, 7) is 3.91. The summed E-state index contributed by atoms with van der Waals surface area (Å²) < 4.78 is 0. The third-order valence-electron chi connectivity index (χ3n) is 2.52. The molecule has 0 aliphatic heterocycles. The molecule has 98 valence electrons. The van der Waals surface area contributed by atoms with E-state index in [4.69, 9.17) is 0 Å². The van der Waals surface area contributed by atoms with E-state index in [1.807, 2.05) is 56.3 Å². The van der Waals surface area contributed by atoms with E-state index in [1.54, 1.807) is 11.8 Å². The van der Waals surface area contributed by atoms with E-state index in [2.05, 4.69) is 17.4 Å². The van der Waals surface area contributed by atoms with Crippen LogP contribution in [0.4, 0.5) is 0 Å². The van der Waals surface area contributed by atoms with Gasteiger partial charge in [-0.3, -0.25) is 4.79 Å². The molecule has 3 heteroatoms. The first-order valence-electron chi connectivity index (χ1n) is 6.29. The van der Waals surface area contributed by atoms with Crippen molar-refractivity contribution in [3.63, 3.8) is 0 Å². The topological polar surface area (TPSA) is 29.1 Å². The van der Waals surface area contributed by atoms with Crippen molar-refractivity contribution in [1.29, 1.82) is 0 Å². The minimum Gasteiger partial charge on any atom is -0.350 e. The SMILES string of the molecule is CC(C)NC(=O)c1ccc(Sc2ccccc2)cc1. The number of rotatable bonds is 4. The molecule has 0 atom stereocenters. The highest BCUT2D eigenvalue weighted by Gasteiger charge is 2.06. The summed E-state index contributed by atoms with van der Waals surface area (Å²) in [5, 5.41) is 2.88. The van der Waals surface area contributed by atoms with Gasteiger partial charge in [-0.2, -0.15) is 0 Å². The molecule has 19 heavy (non-hydrogen) atoms. The molecular formula is C16H17NOS. The fourth-order valence-corrected chi connectivity index (χ4v) is 2.48. The van der Waals surface area contributed by atoms with Crippen LogP contribution >= 0.6 is 11.8 Å². The Morgan fingerprint density at radius 3 is 2.11 bits per heavy atom. The molecule has 0 aromatic heterocycles. The zero-order chi connectivity index (χ0) is 13.7. The van der Waals surface area contributed by atoms with Gasteiger partial charge in [0.1, 0.15) is 0 Å². The second-order valence-corrected chi connectivity index (χ2v) is 5.71. The maximum absolute atomic E-state index is 11.8. The summed E-state index contributed by atoms with van der Waals surface area (Å²) in [5.74, 6) is -0.0220. The lowest BCUT2D eigenvalue weighted by molar-refractivity contribution is 0.0943. The molecule has 1 N–H and O–H groups in total. The highest BCUT2D eigenvalue weighted by Crippen LogP contribution is 2.27. The number of hydrogen-bond donors (Lipinski definition) is 1. The van der Waals surface area contributed by atoms with Crippen LogP contribution < -0.4 is 5.32 Å². The molecule has 0 aliphatic carbocycles. The van der Waals surface area contributed by atoms with Gasteiger partial charge in [-0.25, -0.2) is 0 Å². The van der Waals surface area contributed by atoms with Crippen LogP contribution in [0.1, 0.15) is 24.2 Å². The van der Waals surface area contributed by atoms with Gasteiger partial charge in [-0.15, -0.1) is 0 Å². The first-order valence-corrected chi connectivity index (χ1v) is 7.10. The second kappa shape index (κ2) is 6.43. The lowest BCUT2D eigenvalue weighted by Gasteiger charge is -2.08. The van der Waals surface area contributed by atoms with Crippen molar-refractivity contribution < 1.29 is 4.79 Å². The van der Waals surface area contributed by atoms with Crippen LogP contribution in [-0.2, 0) is 0 Å². The molecule has 0 aliphatic rings. The molecule has 0 saturated carbocycles. The van der Waals surface area contributed by atoms with Crippen molar-refractivity contribution in [2.24, 2.45) is 0 Å². The molecule has 2 aromatic carbocycles. The number of nitrogens with one attached hydrogen (secondary N) is 1. The van der Waals surface area contributed by atoms with E-state index in [0.717, 1.165) is 4.90 Å². The number of amides is 1. The van der Waals surface area contributed by atoms with Crippen molar-refractivity contribution in [3.05, 3.63) is 60.2 Å². The molecule has 2 aromatic rings. The maximum atomic E-state index is 11.8. The van der Waals surface area contributed by atoms with Crippen LogP contribution in [-0.4, -0.2) is 11.9 Å². The number of hydrogen-bond acceptors (Lipinski definition) is 2. The van der Waals surface area contributed by atoms with Crippen molar-refractivity contribution in [3.8, 4) is 0 Å². The average Bonchev–Trinajstić information content (AvgIpc) is 2.40. The van der Waals surface area contributed by atoms with Crippen molar-refractivity contribution in [1.82, 2.24) is 5.32 Å². The van der Waals surface area contributed by atoms with Crippen molar-refractivity contribution in [2.45, 2.75) is 29.7 Å². The molecular weight excluding hydrogens is 254 g/mol. The standard InChI is InChI=1S/C16H17NOS/c1-12(2)17-16(18)13-8-10-15(11-9-13)19-14-6-4-3-5-7-14/h3-12H,1-2H3,(H,17,18). The molecule has 0 heterocycles. The fourth-order valence-electron chi connectivity index (χ4n) is 1.64. The van der Waals surface area contributed by atoms with Crippen LogP contribution in [0.15, 0.2) is 64.4 Å². The summed E-state index contributed by atoms with van der Waals surface area (Å²) in [4.78, 5) is 14.1. The lowest BCUT2D eigenvalue weighted by atomic mass is 10.2. The van der Waals surface area contributed by atoms with Gasteiger partial charge < -0.3 is 5.32 Å². The van der Waals surface area contributed by atoms with E-state index in [1.165, 1.54) is 4.90 Å². The third kappa shape index (κ3) is 4.14. The molecule has 1 amide bonds. The minimum atomic E-state index is -0.0220. The van der Waals surface area contributed by atoms with E-state index in [-0.39, 0.29) is 11.9 Å². The molecule has 0 bridgehead atoms. The fraction of sp³-hybridized carbons (Fsp3) is 0.188. The van der Waals surface area contributed by atoms with Gasteiger partial charge in [0.25, 0.3) is 5.91 Å². The van der Waals surface area contributed by atoms with Gasteiger partial charge >= 0.3 is 0 Å². The van der Waals surface area contributed by atoms with Crippen LogP contribution in [0, 0.1) is 0 Å². The monoisotopic (exact) mass is 271 g/mol. The molecule has 2 nitrogen and oxygen atoms in total. The van der Waals surface area contributed by atoms with Gasteiger partial charge in [-0.1, -0.05) is 30.0 Å². The molecule has 0 fully saturated rings. The molecule has 0 saturated heterocycles. The summed E-state index contributed by atoms with van der Waals surface area (Å²) in [5.41, 5.74) is 0.700. The number of carbonyl (C=O) groups excluding carboxylic acids is 1. The Bertz CT molecular complexity index is 534. The Kier molecular flexibility index (Phi) is 4.63. The number of benzene rings is 2. The Balaban J connectivity index is 2.04. The number of carbonyl (C=O) groups is 1.